The van der Waals surface area contributed by atoms with Crippen LogP contribution in [0, 0.1) is 0 Å². The molecule has 0 fully saturated rings. The van der Waals surface area contributed by atoms with E-state index in [0.29, 0.717) is 11.3 Å². The van der Waals surface area contributed by atoms with E-state index in [0.717, 1.165) is 11.1 Å². The van der Waals surface area contributed by atoms with Gasteiger partial charge in [-0.15, -0.1) is 0 Å². The Morgan fingerprint density at radius 1 is 0.875 bits per heavy atom. The van der Waals surface area contributed by atoms with Crippen LogP contribution < -0.4 is 10.2 Å². The smallest absolute Gasteiger partial charge is 0.0551 e. The average Bonchev–Trinajstić information content (AvgIpc) is 2.45. The lowest BCUT2D eigenvalue weighted by atomic mass is 9.79. The zero-order valence-corrected chi connectivity index (χ0v) is 15.3. The predicted octanol–water partition coefficient (Wildman–Crippen LogP) is 4.18. The van der Waals surface area contributed by atoms with Gasteiger partial charge in [0.15, 0.2) is 0 Å². The molecule has 0 aliphatic carbocycles. The van der Waals surface area contributed by atoms with E-state index < -0.39 is 0 Å². The van der Waals surface area contributed by atoms with E-state index in [-0.39, 0.29) is 22.3 Å². The molecular formula is C21H25NO2-2. The molecular weight excluding hydrogens is 298 g/mol. The van der Waals surface area contributed by atoms with Crippen LogP contribution in [-0.2, 0) is 10.8 Å². The third-order valence-corrected chi connectivity index (χ3v) is 4.00. The second-order valence-electron chi connectivity index (χ2n) is 8.17. The summed E-state index contributed by atoms with van der Waals surface area (Å²) in [6.45, 7) is 12.4. The van der Waals surface area contributed by atoms with Crippen LogP contribution in [0.3, 0.4) is 0 Å². The van der Waals surface area contributed by atoms with Crippen LogP contribution in [0.25, 0.3) is 0 Å². The monoisotopic (exact) mass is 323 g/mol. The molecule has 0 aliphatic rings. The summed E-state index contributed by atoms with van der Waals surface area (Å²) in [5, 5.41) is 24.6. The summed E-state index contributed by atoms with van der Waals surface area (Å²) >= 11 is 0. The lowest BCUT2D eigenvalue weighted by Gasteiger charge is -2.31. The number of aliphatic imine (C=N–C) groups is 1. The molecule has 0 heterocycles. The molecule has 2 rings (SSSR count). The Kier molecular flexibility index (Phi) is 4.75. The van der Waals surface area contributed by atoms with E-state index in [1.165, 1.54) is 12.3 Å². The summed E-state index contributed by atoms with van der Waals surface area (Å²) in [5.41, 5.74) is 2.39. The fourth-order valence-electron chi connectivity index (χ4n) is 2.44. The molecule has 3 heteroatoms. The lowest BCUT2D eigenvalue weighted by molar-refractivity contribution is -0.270. The van der Waals surface area contributed by atoms with Crippen molar-refractivity contribution in [3.8, 4) is 11.5 Å². The molecule has 0 bridgehead atoms. The molecule has 0 atom stereocenters. The molecule has 0 saturated heterocycles. The van der Waals surface area contributed by atoms with Gasteiger partial charge in [0.25, 0.3) is 0 Å². The number of para-hydroxylation sites is 2. The molecule has 0 spiro atoms. The summed E-state index contributed by atoms with van der Waals surface area (Å²) in [6.07, 6.45) is 1.52. The highest BCUT2D eigenvalue weighted by molar-refractivity contribution is 5.87. The Bertz CT molecular complexity index is 762. The number of nitrogens with zero attached hydrogens (tertiary/aromatic N) is 1. The average molecular weight is 323 g/mol. The molecule has 0 N–H and O–H groups in total. The van der Waals surface area contributed by atoms with Crippen LogP contribution in [0.2, 0.25) is 0 Å². The van der Waals surface area contributed by atoms with Crippen molar-refractivity contribution in [2.75, 3.05) is 0 Å². The van der Waals surface area contributed by atoms with Crippen LogP contribution >= 0.6 is 0 Å². The molecule has 0 saturated carbocycles. The summed E-state index contributed by atoms with van der Waals surface area (Å²) in [4.78, 5) is 4.25. The van der Waals surface area contributed by atoms with Crippen LogP contribution in [0.4, 0.5) is 5.69 Å². The molecule has 0 aliphatic heterocycles. The summed E-state index contributed by atoms with van der Waals surface area (Å²) < 4.78 is 0. The van der Waals surface area contributed by atoms with E-state index in [1.807, 2.05) is 32.9 Å². The standard InChI is InChI=1S/C21H27NO2/c1-20(2,3)15-11-14(19(24)16(12-15)21(4,5)6)13-22-17-9-7-8-10-18(17)23/h7-13,23-24H,1-6H3/p-2. The Balaban J connectivity index is 2.59. The van der Waals surface area contributed by atoms with Gasteiger partial charge in [-0.2, -0.15) is 0 Å². The molecule has 0 aromatic heterocycles. The lowest BCUT2D eigenvalue weighted by Crippen LogP contribution is -2.20. The van der Waals surface area contributed by atoms with Gasteiger partial charge in [-0.25, -0.2) is 0 Å². The Hall–Kier alpha value is -2.29. The normalized spacial score (nSPS) is 12.8. The van der Waals surface area contributed by atoms with Gasteiger partial charge in [0.1, 0.15) is 0 Å². The van der Waals surface area contributed by atoms with Crippen molar-refractivity contribution in [3.05, 3.63) is 53.1 Å². The highest BCUT2D eigenvalue weighted by atomic mass is 16.3. The zero-order valence-electron chi connectivity index (χ0n) is 15.3. The van der Waals surface area contributed by atoms with Crippen LogP contribution in [0.5, 0.6) is 11.5 Å². The minimum absolute atomic E-state index is 0.0253. The van der Waals surface area contributed by atoms with E-state index in [9.17, 15) is 10.2 Å². The molecule has 0 unspecified atom stereocenters. The summed E-state index contributed by atoms with van der Waals surface area (Å²) in [6, 6.07) is 10.4. The highest BCUT2D eigenvalue weighted by Gasteiger charge is 2.21. The minimum atomic E-state index is -0.253. The van der Waals surface area contributed by atoms with Gasteiger partial charge in [0, 0.05) is 6.21 Å². The molecule has 128 valence electrons. The topological polar surface area (TPSA) is 58.5 Å². The van der Waals surface area contributed by atoms with Crippen molar-refractivity contribution >= 4 is 11.9 Å². The summed E-state index contributed by atoms with van der Waals surface area (Å²) in [7, 11) is 0. The highest BCUT2D eigenvalue weighted by Crippen LogP contribution is 2.36. The second kappa shape index (κ2) is 6.31. The van der Waals surface area contributed by atoms with Gasteiger partial charge >= 0.3 is 0 Å². The number of benzene rings is 2. The van der Waals surface area contributed by atoms with Gasteiger partial charge in [0.05, 0.1) is 5.69 Å². The SMILES string of the molecule is CC(C)(C)c1cc(C=Nc2ccccc2[O-])c([O-])c(C(C)(C)C)c1. The van der Waals surface area contributed by atoms with Crippen LogP contribution in [-0.4, -0.2) is 6.21 Å². The fourth-order valence-corrected chi connectivity index (χ4v) is 2.44. The van der Waals surface area contributed by atoms with Crippen molar-refractivity contribution in [3.63, 3.8) is 0 Å². The maximum Gasteiger partial charge on any atom is 0.0551 e. The second-order valence-corrected chi connectivity index (χ2v) is 8.17. The maximum atomic E-state index is 12.8. The van der Waals surface area contributed by atoms with Crippen molar-refractivity contribution in [1.82, 2.24) is 0 Å². The van der Waals surface area contributed by atoms with Crippen molar-refractivity contribution in [2.24, 2.45) is 4.99 Å². The largest absolute Gasteiger partial charge is 0.872 e. The third kappa shape index (κ3) is 3.97. The van der Waals surface area contributed by atoms with Crippen LogP contribution in [0.1, 0.15) is 58.2 Å². The number of hydrogen-bond donors (Lipinski definition) is 0. The zero-order chi connectivity index (χ0) is 18.1. The molecule has 24 heavy (non-hydrogen) atoms. The molecule has 0 amide bonds. The number of rotatable bonds is 2. The van der Waals surface area contributed by atoms with Gasteiger partial charge in [-0.3, -0.25) is 4.99 Å². The Morgan fingerprint density at radius 2 is 1.50 bits per heavy atom. The minimum Gasteiger partial charge on any atom is -0.872 e. The van der Waals surface area contributed by atoms with E-state index in [1.54, 1.807) is 18.2 Å². The fraction of sp³-hybridized carbons (Fsp3) is 0.381. The van der Waals surface area contributed by atoms with Gasteiger partial charge in [-0.1, -0.05) is 83.4 Å². The predicted molar refractivity (Wildman–Crippen MR) is 96.4 cm³/mol. The van der Waals surface area contributed by atoms with E-state index in [4.69, 9.17) is 0 Å². The van der Waals surface area contributed by atoms with E-state index in [2.05, 4.69) is 25.8 Å². The van der Waals surface area contributed by atoms with E-state index >= 15 is 0 Å². The number of hydrogen-bond acceptors (Lipinski definition) is 3. The quantitative estimate of drug-likeness (QED) is 0.778. The van der Waals surface area contributed by atoms with Crippen molar-refractivity contribution in [1.29, 1.82) is 0 Å². The van der Waals surface area contributed by atoms with Gasteiger partial charge in [0.2, 0.25) is 0 Å². The Labute approximate surface area is 144 Å². The van der Waals surface area contributed by atoms with Gasteiger partial charge < -0.3 is 10.2 Å². The molecule has 0 radical (unpaired) electrons. The van der Waals surface area contributed by atoms with Crippen molar-refractivity contribution in [2.45, 2.75) is 52.4 Å². The van der Waals surface area contributed by atoms with Gasteiger partial charge in [-0.05, 0) is 33.6 Å². The summed E-state index contributed by atoms with van der Waals surface area (Å²) in [5.74, 6) is -0.174. The van der Waals surface area contributed by atoms with Crippen molar-refractivity contribution < 1.29 is 10.2 Å². The maximum absolute atomic E-state index is 12.8. The molecule has 2 aromatic rings. The first kappa shape index (κ1) is 18.1. The van der Waals surface area contributed by atoms with Crippen LogP contribution in [0.15, 0.2) is 41.4 Å². The first-order valence-corrected chi connectivity index (χ1v) is 8.16. The molecule has 3 nitrogen and oxygen atoms in total. The Morgan fingerprint density at radius 3 is 2.04 bits per heavy atom. The first-order valence-electron chi connectivity index (χ1n) is 8.16. The first-order chi connectivity index (χ1) is 11.0. The third-order valence-electron chi connectivity index (χ3n) is 4.00. The molecule has 2 aromatic carbocycles.